The van der Waals surface area contributed by atoms with Crippen LogP contribution in [0.1, 0.15) is 37.9 Å². The van der Waals surface area contributed by atoms with Gasteiger partial charge in [0.25, 0.3) is 0 Å². The summed E-state index contributed by atoms with van der Waals surface area (Å²) in [6.45, 7) is 1.86. The maximum Gasteiger partial charge on any atom is 0.214 e. The van der Waals surface area contributed by atoms with E-state index in [0.29, 0.717) is 12.0 Å². The standard InChI is InChI=1S/C14H20FNO3S/c1-2-9-20(18,19)16(13-7-8-13)10-14(17)11-3-5-12(15)6-4-11/h3-6,13-14,17H,2,7-10H2,1H3/t14-/m1/s1. The summed E-state index contributed by atoms with van der Waals surface area (Å²) < 4.78 is 38.6. The molecular weight excluding hydrogens is 281 g/mol. The Morgan fingerprint density at radius 2 is 1.95 bits per heavy atom. The van der Waals surface area contributed by atoms with E-state index in [9.17, 15) is 17.9 Å². The van der Waals surface area contributed by atoms with Crippen LogP contribution in [0, 0.1) is 5.82 Å². The van der Waals surface area contributed by atoms with Crippen molar-refractivity contribution in [1.29, 1.82) is 0 Å². The summed E-state index contributed by atoms with van der Waals surface area (Å²) in [5.41, 5.74) is 0.531. The third-order valence-electron chi connectivity index (χ3n) is 3.38. The molecule has 6 heteroatoms. The van der Waals surface area contributed by atoms with Crippen LogP contribution in [-0.2, 0) is 10.0 Å². The van der Waals surface area contributed by atoms with E-state index in [1.54, 1.807) is 0 Å². The van der Waals surface area contributed by atoms with Crippen molar-refractivity contribution in [2.45, 2.75) is 38.3 Å². The van der Waals surface area contributed by atoms with Gasteiger partial charge in [0, 0.05) is 12.6 Å². The van der Waals surface area contributed by atoms with Crippen molar-refractivity contribution in [3.63, 3.8) is 0 Å². The first-order valence-electron chi connectivity index (χ1n) is 6.87. The summed E-state index contributed by atoms with van der Waals surface area (Å²) in [6.07, 6.45) is 1.32. The second-order valence-corrected chi connectivity index (χ2v) is 7.23. The van der Waals surface area contributed by atoms with Crippen LogP contribution in [0.2, 0.25) is 0 Å². The van der Waals surface area contributed by atoms with Gasteiger partial charge in [-0.1, -0.05) is 19.1 Å². The third kappa shape index (κ3) is 3.77. The Kier molecular flexibility index (Phi) is 4.78. The van der Waals surface area contributed by atoms with E-state index < -0.39 is 16.1 Å². The van der Waals surface area contributed by atoms with Gasteiger partial charge < -0.3 is 5.11 Å². The molecule has 112 valence electrons. The zero-order chi connectivity index (χ0) is 14.8. The van der Waals surface area contributed by atoms with Crippen LogP contribution in [-0.4, -0.2) is 36.2 Å². The number of nitrogens with zero attached hydrogens (tertiary/aromatic N) is 1. The van der Waals surface area contributed by atoms with E-state index in [-0.39, 0.29) is 24.2 Å². The molecule has 0 saturated heterocycles. The fourth-order valence-electron chi connectivity index (χ4n) is 2.19. The summed E-state index contributed by atoms with van der Waals surface area (Å²) in [6, 6.07) is 5.51. The van der Waals surface area contributed by atoms with Crippen molar-refractivity contribution in [2.24, 2.45) is 0 Å². The lowest BCUT2D eigenvalue weighted by molar-refractivity contribution is 0.145. The number of hydrogen-bond acceptors (Lipinski definition) is 3. The molecule has 1 saturated carbocycles. The van der Waals surface area contributed by atoms with Gasteiger partial charge in [-0.25, -0.2) is 12.8 Å². The van der Waals surface area contributed by atoms with Crippen LogP contribution < -0.4 is 0 Å². The summed E-state index contributed by atoms with van der Waals surface area (Å²) in [4.78, 5) is 0. The lowest BCUT2D eigenvalue weighted by Crippen LogP contribution is -2.38. The highest BCUT2D eigenvalue weighted by Crippen LogP contribution is 2.31. The number of aliphatic hydroxyl groups is 1. The van der Waals surface area contributed by atoms with E-state index in [1.165, 1.54) is 28.6 Å². The highest BCUT2D eigenvalue weighted by molar-refractivity contribution is 7.89. The predicted molar refractivity (Wildman–Crippen MR) is 75.2 cm³/mol. The number of sulfonamides is 1. The molecule has 20 heavy (non-hydrogen) atoms. The predicted octanol–water partition coefficient (Wildman–Crippen LogP) is 2.06. The largest absolute Gasteiger partial charge is 0.387 e. The zero-order valence-corrected chi connectivity index (χ0v) is 12.3. The Hall–Kier alpha value is -0.980. The van der Waals surface area contributed by atoms with Crippen molar-refractivity contribution < 1.29 is 17.9 Å². The summed E-state index contributed by atoms with van der Waals surface area (Å²) in [7, 11) is -3.32. The van der Waals surface area contributed by atoms with Gasteiger partial charge >= 0.3 is 0 Å². The molecule has 1 aliphatic carbocycles. The molecule has 1 atom stereocenters. The molecule has 0 amide bonds. The first kappa shape index (κ1) is 15.4. The van der Waals surface area contributed by atoms with E-state index in [1.807, 2.05) is 6.92 Å². The van der Waals surface area contributed by atoms with Gasteiger partial charge in [-0.05, 0) is 37.0 Å². The van der Waals surface area contributed by atoms with Gasteiger partial charge in [-0.3, -0.25) is 0 Å². The van der Waals surface area contributed by atoms with Gasteiger partial charge in [0.05, 0.1) is 11.9 Å². The number of aliphatic hydroxyl groups excluding tert-OH is 1. The molecule has 4 nitrogen and oxygen atoms in total. The van der Waals surface area contributed by atoms with E-state index in [4.69, 9.17) is 0 Å². The Bertz CT molecular complexity index is 540. The minimum atomic E-state index is -3.32. The van der Waals surface area contributed by atoms with E-state index in [0.717, 1.165) is 12.8 Å². The summed E-state index contributed by atoms with van der Waals surface area (Å²) in [5, 5.41) is 10.2. The van der Waals surface area contributed by atoms with Gasteiger partial charge in [0.1, 0.15) is 5.82 Å². The number of hydrogen-bond donors (Lipinski definition) is 1. The molecule has 0 radical (unpaired) electrons. The molecule has 0 aromatic heterocycles. The molecule has 0 spiro atoms. The Labute approximate surface area is 119 Å². The summed E-state index contributed by atoms with van der Waals surface area (Å²) >= 11 is 0. The quantitative estimate of drug-likeness (QED) is 0.838. The van der Waals surface area contributed by atoms with Crippen molar-refractivity contribution >= 4 is 10.0 Å². The molecular formula is C14H20FNO3S. The van der Waals surface area contributed by atoms with Gasteiger partial charge in [0.15, 0.2) is 0 Å². The van der Waals surface area contributed by atoms with Crippen molar-refractivity contribution in [3.05, 3.63) is 35.6 Å². The molecule has 0 bridgehead atoms. The minimum Gasteiger partial charge on any atom is -0.387 e. The molecule has 1 aromatic rings. The van der Waals surface area contributed by atoms with Crippen LogP contribution >= 0.6 is 0 Å². The maximum atomic E-state index is 12.9. The SMILES string of the molecule is CCCS(=O)(=O)N(C[C@@H](O)c1ccc(F)cc1)C1CC1. The fourth-order valence-corrected chi connectivity index (χ4v) is 3.97. The van der Waals surface area contributed by atoms with E-state index >= 15 is 0 Å². The topological polar surface area (TPSA) is 57.6 Å². The van der Waals surface area contributed by atoms with Crippen LogP contribution in [0.25, 0.3) is 0 Å². The highest BCUT2D eigenvalue weighted by Gasteiger charge is 2.37. The minimum absolute atomic E-state index is 0.0154. The average Bonchev–Trinajstić information content (AvgIpc) is 3.20. The van der Waals surface area contributed by atoms with Gasteiger partial charge in [0.2, 0.25) is 10.0 Å². The fraction of sp³-hybridized carbons (Fsp3) is 0.571. The van der Waals surface area contributed by atoms with Crippen LogP contribution in [0.3, 0.4) is 0 Å². The lowest BCUT2D eigenvalue weighted by atomic mass is 10.1. The molecule has 1 aliphatic rings. The van der Waals surface area contributed by atoms with Gasteiger partial charge in [-0.2, -0.15) is 4.31 Å². The van der Waals surface area contributed by atoms with E-state index in [2.05, 4.69) is 0 Å². The molecule has 1 fully saturated rings. The highest BCUT2D eigenvalue weighted by atomic mass is 32.2. The molecule has 0 unspecified atom stereocenters. The lowest BCUT2D eigenvalue weighted by Gasteiger charge is -2.24. The van der Waals surface area contributed by atoms with Crippen molar-refractivity contribution in [1.82, 2.24) is 4.31 Å². The molecule has 0 heterocycles. The second kappa shape index (κ2) is 6.20. The number of rotatable bonds is 7. The Morgan fingerprint density at radius 1 is 1.35 bits per heavy atom. The van der Waals surface area contributed by atoms with Crippen LogP contribution in [0.15, 0.2) is 24.3 Å². The van der Waals surface area contributed by atoms with Crippen molar-refractivity contribution in [2.75, 3.05) is 12.3 Å². The van der Waals surface area contributed by atoms with Crippen LogP contribution in [0.5, 0.6) is 0 Å². The number of benzene rings is 1. The number of halogens is 1. The smallest absolute Gasteiger partial charge is 0.214 e. The Morgan fingerprint density at radius 3 is 2.45 bits per heavy atom. The normalized spacial score (nSPS) is 17.4. The summed E-state index contributed by atoms with van der Waals surface area (Å²) in [5.74, 6) is -0.279. The average molecular weight is 301 g/mol. The Balaban J connectivity index is 2.10. The zero-order valence-electron chi connectivity index (χ0n) is 11.5. The molecule has 1 aromatic carbocycles. The molecule has 1 N–H and O–H groups in total. The molecule has 2 rings (SSSR count). The third-order valence-corrected chi connectivity index (χ3v) is 5.47. The maximum absolute atomic E-state index is 12.9. The second-order valence-electron chi connectivity index (χ2n) is 5.18. The van der Waals surface area contributed by atoms with Gasteiger partial charge in [-0.15, -0.1) is 0 Å². The first-order valence-corrected chi connectivity index (χ1v) is 8.48. The first-order chi connectivity index (χ1) is 9.44. The monoisotopic (exact) mass is 301 g/mol. The molecule has 0 aliphatic heterocycles. The van der Waals surface area contributed by atoms with Crippen LogP contribution in [0.4, 0.5) is 4.39 Å². The van der Waals surface area contributed by atoms with Crippen molar-refractivity contribution in [3.8, 4) is 0 Å².